The molecule has 4 nitrogen and oxygen atoms in total. The van der Waals surface area contributed by atoms with Gasteiger partial charge in [0.05, 0.1) is 0 Å². The van der Waals surface area contributed by atoms with Crippen molar-refractivity contribution in [2.45, 2.75) is 6.10 Å². The number of benzene rings is 2. The Balaban J connectivity index is 2.26. The minimum absolute atomic E-state index is 0.348. The molecular weight excluding hydrogens is 244 g/mol. The lowest BCUT2D eigenvalue weighted by Crippen LogP contribution is -2.18. The van der Waals surface area contributed by atoms with Gasteiger partial charge < -0.3 is 9.84 Å². The summed E-state index contributed by atoms with van der Waals surface area (Å²) in [6, 6.07) is 15.0. The number of aliphatic carboxylic acids is 1. The molecule has 0 aliphatic carbocycles. The molecule has 0 aromatic heterocycles. The number of carboxylic acids is 1. The van der Waals surface area contributed by atoms with E-state index in [0.717, 1.165) is 0 Å². The summed E-state index contributed by atoms with van der Waals surface area (Å²) in [6.45, 7) is 0. The van der Waals surface area contributed by atoms with Crippen molar-refractivity contribution < 1.29 is 19.4 Å². The van der Waals surface area contributed by atoms with Gasteiger partial charge in [-0.1, -0.05) is 42.5 Å². The highest BCUT2D eigenvalue weighted by Crippen LogP contribution is 2.22. The minimum Gasteiger partial charge on any atom is -0.478 e. The molecule has 0 aliphatic heterocycles. The van der Waals surface area contributed by atoms with Crippen molar-refractivity contribution in [1.29, 1.82) is 0 Å². The van der Waals surface area contributed by atoms with Gasteiger partial charge in [-0.3, -0.25) is 4.79 Å². The van der Waals surface area contributed by atoms with Crippen molar-refractivity contribution in [1.82, 2.24) is 0 Å². The summed E-state index contributed by atoms with van der Waals surface area (Å²) in [7, 11) is 0. The summed E-state index contributed by atoms with van der Waals surface area (Å²) in [5.74, 6) is -0.733. The predicted octanol–water partition coefficient (Wildman–Crippen LogP) is 2.70. The fraction of sp³-hybridized carbons (Fsp3) is 0.0667. The first-order chi connectivity index (χ1) is 9.20. The van der Waals surface area contributed by atoms with Crippen molar-refractivity contribution in [3.8, 4) is 5.75 Å². The van der Waals surface area contributed by atoms with Crippen LogP contribution in [0, 0.1) is 0 Å². The van der Waals surface area contributed by atoms with E-state index in [1.807, 2.05) is 0 Å². The maximum Gasteiger partial charge on any atom is 0.349 e. The van der Waals surface area contributed by atoms with Gasteiger partial charge in [0.25, 0.3) is 0 Å². The van der Waals surface area contributed by atoms with Crippen molar-refractivity contribution in [3.05, 3.63) is 65.7 Å². The summed E-state index contributed by atoms with van der Waals surface area (Å²) in [5, 5.41) is 9.22. The zero-order valence-corrected chi connectivity index (χ0v) is 10.0. The number of carbonyl (C=O) groups excluding carboxylic acids is 1. The maximum atomic E-state index is 11.3. The van der Waals surface area contributed by atoms with Crippen LogP contribution in [0.2, 0.25) is 0 Å². The molecule has 0 radical (unpaired) electrons. The predicted molar refractivity (Wildman–Crippen MR) is 69.3 cm³/mol. The van der Waals surface area contributed by atoms with E-state index in [4.69, 9.17) is 4.74 Å². The van der Waals surface area contributed by atoms with Gasteiger partial charge in [-0.25, -0.2) is 4.79 Å². The quantitative estimate of drug-likeness (QED) is 0.835. The van der Waals surface area contributed by atoms with Gasteiger partial charge in [0.15, 0.2) is 0 Å². The van der Waals surface area contributed by atoms with Gasteiger partial charge in [-0.05, 0) is 12.1 Å². The Kier molecular flexibility index (Phi) is 3.93. The highest BCUT2D eigenvalue weighted by molar-refractivity contribution is 5.76. The monoisotopic (exact) mass is 256 g/mol. The molecule has 0 aliphatic rings. The largest absolute Gasteiger partial charge is 0.478 e. The molecule has 0 bridgehead atoms. The Hall–Kier alpha value is -2.62. The van der Waals surface area contributed by atoms with Crippen molar-refractivity contribution in [3.63, 3.8) is 0 Å². The van der Waals surface area contributed by atoms with Crippen LogP contribution >= 0.6 is 0 Å². The Morgan fingerprint density at radius 1 is 1.11 bits per heavy atom. The minimum atomic E-state index is -1.09. The van der Waals surface area contributed by atoms with Gasteiger partial charge in [-0.2, -0.15) is 0 Å². The Labute approximate surface area is 110 Å². The van der Waals surface area contributed by atoms with E-state index in [0.29, 0.717) is 23.2 Å². The molecule has 19 heavy (non-hydrogen) atoms. The van der Waals surface area contributed by atoms with E-state index in [-0.39, 0.29) is 0 Å². The van der Waals surface area contributed by atoms with E-state index < -0.39 is 12.1 Å². The van der Waals surface area contributed by atoms with Crippen LogP contribution < -0.4 is 4.74 Å². The van der Waals surface area contributed by atoms with E-state index in [2.05, 4.69) is 0 Å². The fourth-order valence-corrected chi connectivity index (χ4v) is 1.69. The lowest BCUT2D eigenvalue weighted by molar-refractivity contribution is -0.145. The molecule has 1 N–H and O–H groups in total. The van der Waals surface area contributed by atoms with Crippen molar-refractivity contribution in [2.24, 2.45) is 0 Å². The molecule has 0 saturated heterocycles. The van der Waals surface area contributed by atoms with Gasteiger partial charge in [0, 0.05) is 11.1 Å². The van der Waals surface area contributed by atoms with E-state index >= 15 is 0 Å². The van der Waals surface area contributed by atoms with Crippen LogP contribution in [0.3, 0.4) is 0 Å². The second kappa shape index (κ2) is 5.82. The number of ether oxygens (including phenoxy) is 1. The summed E-state index contributed by atoms with van der Waals surface area (Å²) in [5.41, 5.74) is 0.987. The number of carboxylic acid groups (broad SMARTS) is 1. The molecule has 0 saturated carbocycles. The molecule has 96 valence electrons. The normalized spacial score (nSPS) is 11.6. The summed E-state index contributed by atoms with van der Waals surface area (Å²) >= 11 is 0. The molecule has 2 rings (SSSR count). The van der Waals surface area contributed by atoms with Gasteiger partial charge in [0.2, 0.25) is 6.10 Å². The first kappa shape index (κ1) is 12.8. The molecule has 0 amide bonds. The number of hydrogen-bond acceptors (Lipinski definition) is 3. The molecule has 0 unspecified atom stereocenters. The highest BCUT2D eigenvalue weighted by Gasteiger charge is 2.21. The highest BCUT2D eigenvalue weighted by atomic mass is 16.5. The molecule has 2 aromatic rings. The smallest absolute Gasteiger partial charge is 0.349 e. The van der Waals surface area contributed by atoms with Gasteiger partial charge in [-0.15, -0.1) is 0 Å². The second-order valence-electron chi connectivity index (χ2n) is 3.94. The Bertz CT molecular complexity index is 578. The molecule has 1 atom stereocenters. The lowest BCUT2D eigenvalue weighted by atomic mass is 10.1. The van der Waals surface area contributed by atoms with Crippen LogP contribution in [0.25, 0.3) is 0 Å². The molecule has 4 heteroatoms. The van der Waals surface area contributed by atoms with Gasteiger partial charge in [0.1, 0.15) is 12.0 Å². The van der Waals surface area contributed by atoms with Crippen LogP contribution in [0.15, 0.2) is 54.6 Å². The van der Waals surface area contributed by atoms with Crippen molar-refractivity contribution >= 4 is 12.3 Å². The van der Waals surface area contributed by atoms with Crippen LogP contribution in [0.4, 0.5) is 0 Å². The molecule has 0 spiro atoms. The Morgan fingerprint density at radius 2 is 1.84 bits per heavy atom. The SMILES string of the molecule is O=Cc1cccc(O[C@H](C(=O)O)c2ccccc2)c1. The van der Waals surface area contributed by atoms with Crippen LogP contribution in [0.5, 0.6) is 5.75 Å². The topological polar surface area (TPSA) is 63.6 Å². The molecule has 0 heterocycles. The van der Waals surface area contributed by atoms with Crippen LogP contribution in [-0.4, -0.2) is 17.4 Å². The third kappa shape index (κ3) is 3.19. The van der Waals surface area contributed by atoms with Crippen LogP contribution in [-0.2, 0) is 4.79 Å². The molecule has 2 aromatic carbocycles. The second-order valence-corrected chi connectivity index (χ2v) is 3.94. The molecule has 0 fully saturated rings. The third-order valence-electron chi connectivity index (χ3n) is 2.57. The fourth-order valence-electron chi connectivity index (χ4n) is 1.69. The standard InChI is InChI=1S/C15H12O4/c16-10-11-5-4-8-13(9-11)19-14(15(17)18)12-6-2-1-3-7-12/h1-10,14H,(H,17,18)/t14-/m0/s1. The van der Waals surface area contributed by atoms with Crippen molar-refractivity contribution in [2.75, 3.05) is 0 Å². The van der Waals surface area contributed by atoms with Gasteiger partial charge >= 0.3 is 5.97 Å². The summed E-state index contributed by atoms with van der Waals surface area (Å²) in [4.78, 5) is 21.9. The number of hydrogen-bond donors (Lipinski definition) is 1. The zero-order chi connectivity index (χ0) is 13.7. The van der Waals surface area contributed by atoms with E-state index in [1.165, 1.54) is 6.07 Å². The number of carbonyl (C=O) groups is 2. The van der Waals surface area contributed by atoms with E-state index in [1.54, 1.807) is 48.5 Å². The average molecular weight is 256 g/mol. The maximum absolute atomic E-state index is 11.3. The van der Waals surface area contributed by atoms with E-state index in [9.17, 15) is 14.7 Å². The average Bonchev–Trinajstić information content (AvgIpc) is 2.45. The number of aldehydes is 1. The zero-order valence-electron chi connectivity index (χ0n) is 10.0. The summed E-state index contributed by atoms with van der Waals surface area (Å²) in [6.07, 6.45) is -0.409. The lowest BCUT2D eigenvalue weighted by Gasteiger charge is -2.15. The first-order valence-electron chi connectivity index (χ1n) is 5.70. The first-order valence-corrected chi connectivity index (χ1v) is 5.70. The number of rotatable bonds is 5. The summed E-state index contributed by atoms with van der Waals surface area (Å²) < 4.78 is 5.45. The van der Waals surface area contributed by atoms with Crippen LogP contribution in [0.1, 0.15) is 22.0 Å². The Morgan fingerprint density at radius 3 is 2.47 bits per heavy atom. The third-order valence-corrected chi connectivity index (χ3v) is 2.57. The molecular formula is C15H12O4.